The molecule has 2 aromatic heterocycles. The standard InChI is InChI=1S/C25H21ClN4OS2/c1-15-9-11-17(12-10-15)22-21(24-28-23(29-31-24)20-8-5-13-33-20)16(2)30(25(32)27-22)14-18-6-3-4-7-19(18)26/h3-13,22H,14H2,1-2H3,(H,27,32). The highest BCUT2D eigenvalue weighted by atomic mass is 35.5. The van der Waals surface area contributed by atoms with Gasteiger partial charge in [0.25, 0.3) is 5.89 Å². The molecule has 0 saturated carbocycles. The molecule has 0 saturated heterocycles. The van der Waals surface area contributed by atoms with Crippen LogP contribution in [0.25, 0.3) is 16.3 Å². The lowest BCUT2D eigenvalue weighted by atomic mass is 9.94. The van der Waals surface area contributed by atoms with Crippen LogP contribution in [0.1, 0.15) is 35.5 Å². The number of hydrogen-bond donors (Lipinski definition) is 1. The first-order chi connectivity index (χ1) is 16.0. The van der Waals surface area contributed by atoms with E-state index in [4.69, 9.17) is 33.3 Å². The van der Waals surface area contributed by atoms with E-state index >= 15 is 0 Å². The van der Waals surface area contributed by atoms with Crippen molar-refractivity contribution in [2.45, 2.75) is 26.4 Å². The van der Waals surface area contributed by atoms with Crippen LogP contribution in [-0.2, 0) is 6.54 Å². The average Bonchev–Trinajstić information content (AvgIpc) is 3.50. The van der Waals surface area contributed by atoms with Crippen LogP contribution in [0.4, 0.5) is 0 Å². The minimum absolute atomic E-state index is 0.211. The number of thiocarbonyl (C=S) groups is 1. The molecule has 1 aliphatic rings. The Labute approximate surface area is 206 Å². The summed E-state index contributed by atoms with van der Waals surface area (Å²) in [5.74, 6) is 1.05. The fourth-order valence-electron chi connectivity index (χ4n) is 3.89. The zero-order chi connectivity index (χ0) is 22.9. The number of halogens is 1. The molecule has 0 aliphatic carbocycles. The number of thiophene rings is 1. The van der Waals surface area contributed by atoms with Gasteiger partial charge in [0.15, 0.2) is 5.11 Å². The molecular formula is C25H21ClN4OS2. The van der Waals surface area contributed by atoms with Crippen molar-refractivity contribution in [1.29, 1.82) is 0 Å². The molecule has 1 N–H and O–H groups in total. The van der Waals surface area contributed by atoms with Crippen molar-refractivity contribution in [1.82, 2.24) is 20.4 Å². The first-order valence-electron chi connectivity index (χ1n) is 10.5. The minimum atomic E-state index is -0.211. The van der Waals surface area contributed by atoms with Crippen LogP contribution >= 0.6 is 35.2 Å². The Kier molecular flexibility index (Phi) is 6.01. The van der Waals surface area contributed by atoms with Gasteiger partial charge in [-0.2, -0.15) is 4.98 Å². The molecule has 5 nitrogen and oxygen atoms in total. The lowest BCUT2D eigenvalue weighted by molar-refractivity contribution is 0.396. The second-order valence-electron chi connectivity index (χ2n) is 7.87. The Balaban J connectivity index is 1.61. The third kappa shape index (κ3) is 4.31. The Hall–Kier alpha value is -3.00. The molecule has 33 heavy (non-hydrogen) atoms. The SMILES string of the molecule is CC1=C(c2nc(-c3cccs3)no2)C(c2ccc(C)cc2)NC(=S)N1Cc1ccccc1Cl. The molecule has 1 aliphatic heterocycles. The number of hydrogen-bond acceptors (Lipinski definition) is 5. The lowest BCUT2D eigenvalue weighted by Crippen LogP contribution is -2.45. The summed E-state index contributed by atoms with van der Waals surface area (Å²) in [4.78, 5) is 7.74. The number of aryl methyl sites for hydroxylation is 1. The lowest BCUT2D eigenvalue weighted by Gasteiger charge is -2.37. The van der Waals surface area contributed by atoms with Crippen molar-refractivity contribution in [2.75, 3.05) is 0 Å². The number of nitrogens with zero attached hydrogens (tertiary/aromatic N) is 3. The largest absolute Gasteiger partial charge is 0.351 e. The monoisotopic (exact) mass is 492 g/mol. The molecule has 0 radical (unpaired) electrons. The van der Waals surface area contributed by atoms with E-state index in [-0.39, 0.29) is 6.04 Å². The fraction of sp³-hybridized carbons (Fsp3) is 0.160. The van der Waals surface area contributed by atoms with Gasteiger partial charge in [-0.25, -0.2) is 0 Å². The quantitative estimate of drug-likeness (QED) is 0.316. The summed E-state index contributed by atoms with van der Waals surface area (Å²) in [6.45, 7) is 4.64. The number of rotatable bonds is 5. The predicted molar refractivity (Wildman–Crippen MR) is 137 cm³/mol. The number of allylic oxidation sites excluding steroid dienone is 1. The highest BCUT2D eigenvalue weighted by Gasteiger charge is 2.34. The normalized spacial score (nSPS) is 16.3. The van der Waals surface area contributed by atoms with E-state index in [0.29, 0.717) is 28.4 Å². The first kappa shape index (κ1) is 21.8. The van der Waals surface area contributed by atoms with E-state index in [1.807, 2.05) is 53.6 Å². The molecular weight excluding hydrogens is 472 g/mol. The van der Waals surface area contributed by atoms with Crippen molar-refractivity contribution < 1.29 is 4.52 Å². The summed E-state index contributed by atoms with van der Waals surface area (Å²) in [5.41, 5.74) is 5.10. The maximum atomic E-state index is 6.45. The Morgan fingerprint density at radius 3 is 2.61 bits per heavy atom. The van der Waals surface area contributed by atoms with E-state index in [1.54, 1.807) is 11.3 Å². The van der Waals surface area contributed by atoms with Crippen LogP contribution < -0.4 is 5.32 Å². The maximum absolute atomic E-state index is 6.45. The van der Waals surface area contributed by atoms with E-state index in [0.717, 1.165) is 27.3 Å². The third-order valence-electron chi connectivity index (χ3n) is 5.69. The zero-order valence-electron chi connectivity index (χ0n) is 18.1. The summed E-state index contributed by atoms with van der Waals surface area (Å²) in [6, 6.07) is 19.9. The summed E-state index contributed by atoms with van der Waals surface area (Å²) >= 11 is 13.8. The van der Waals surface area contributed by atoms with Gasteiger partial charge in [-0.05, 0) is 54.7 Å². The van der Waals surface area contributed by atoms with Crippen LogP contribution in [0.5, 0.6) is 0 Å². The summed E-state index contributed by atoms with van der Waals surface area (Å²) in [5, 5.41) is 11.1. The highest BCUT2D eigenvalue weighted by Crippen LogP contribution is 2.38. The van der Waals surface area contributed by atoms with Crippen molar-refractivity contribution in [3.05, 3.63) is 99.3 Å². The third-order valence-corrected chi connectivity index (χ3v) is 7.26. The van der Waals surface area contributed by atoms with Crippen LogP contribution in [0.3, 0.4) is 0 Å². The van der Waals surface area contributed by atoms with Crippen molar-refractivity contribution in [3.8, 4) is 10.7 Å². The molecule has 5 rings (SSSR count). The number of nitrogens with one attached hydrogen (secondary N) is 1. The molecule has 0 amide bonds. The van der Waals surface area contributed by atoms with Gasteiger partial charge in [-0.15, -0.1) is 11.3 Å². The van der Waals surface area contributed by atoms with E-state index in [2.05, 4.69) is 41.7 Å². The maximum Gasteiger partial charge on any atom is 0.258 e. The van der Waals surface area contributed by atoms with Gasteiger partial charge in [0.05, 0.1) is 23.0 Å². The predicted octanol–water partition coefficient (Wildman–Crippen LogP) is 6.62. The average molecular weight is 493 g/mol. The second-order valence-corrected chi connectivity index (χ2v) is 9.61. The van der Waals surface area contributed by atoms with Crippen molar-refractivity contribution >= 4 is 45.8 Å². The smallest absolute Gasteiger partial charge is 0.258 e. The van der Waals surface area contributed by atoms with Gasteiger partial charge in [0, 0.05) is 10.7 Å². The first-order valence-corrected chi connectivity index (χ1v) is 12.1. The molecule has 2 aromatic carbocycles. The molecule has 1 atom stereocenters. The molecule has 0 bridgehead atoms. The molecule has 8 heteroatoms. The van der Waals surface area contributed by atoms with Crippen molar-refractivity contribution in [3.63, 3.8) is 0 Å². The Morgan fingerprint density at radius 1 is 1.09 bits per heavy atom. The molecule has 4 aromatic rings. The number of benzene rings is 2. The van der Waals surface area contributed by atoms with Gasteiger partial charge < -0.3 is 14.7 Å². The van der Waals surface area contributed by atoms with E-state index in [9.17, 15) is 0 Å². The Morgan fingerprint density at radius 2 is 1.88 bits per heavy atom. The highest BCUT2D eigenvalue weighted by molar-refractivity contribution is 7.80. The molecule has 0 spiro atoms. The summed E-state index contributed by atoms with van der Waals surface area (Å²) in [7, 11) is 0. The molecule has 166 valence electrons. The van der Waals surface area contributed by atoms with Crippen LogP contribution in [0, 0.1) is 6.92 Å². The van der Waals surface area contributed by atoms with Gasteiger partial charge in [0.2, 0.25) is 5.82 Å². The molecule has 3 heterocycles. The fourth-order valence-corrected chi connectivity index (χ4v) is 5.06. The van der Waals surface area contributed by atoms with Crippen LogP contribution in [0.15, 0.2) is 76.3 Å². The van der Waals surface area contributed by atoms with Gasteiger partial charge >= 0.3 is 0 Å². The minimum Gasteiger partial charge on any atom is -0.351 e. The van der Waals surface area contributed by atoms with E-state index < -0.39 is 0 Å². The van der Waals surface area contributed by atoms with Crippen LogP contribution in [-0.4, -0.2) is 20.2 Å². The van der Waals surface area contributed by atoms with Crippen LogP contribution in [0.2, 0.25) is 5.02 Å². The zero-order valence-corrected chi connectivity index (χ0v) is 20.5. The Bertz CT molecular complexity index is 1330. The molecule has 1 unspecified atom stereocenters. The van der Waals surface area contributed by atoms with Gasteiger partial charge in [-0.3, -0.25) is 0 Å². The number of aromatic nitrogens is 2. The second kappa shape index (κ2) is 9.09. The van der Waals surface area contributed by atoms with Crippen molar-refractivity contribution in [2.24, 2.45) is 0 Å². The topological polar surface area (TPSA) is 54.2 Å². The summed E-state index contributed by atoms with van der Waals surface area (Å²) < 4.78 is 5.78. The van der Waals surface area contributed by atoms with Gasteiger partial charge in [0.1, 0.15) is 0 Å². The molecule has 0 fully saturated rings. The summed E-state index contributed by atoms with van der Waals surface area (Å²) in [6.07, 6.45) is 0. The van der Waals surface area contributed by atoms with E-state index in [1.165, 1.54) is 5.56 Å². The van der Waals surface area contributed by atoms with Gasteiger partial charge in [-0.1, -0.05) is 70.9 Å².